The van der Waals surface area contributed by atoms with E-state index in [1.165, 1.54) is 18.2 Å². The van der Waals surface area contributed by atoms with Crippen molar-refractivity contribution >= 4 is 60.2 Å². The van der Waals surface area contributed by atoms with E-state index in [4.69, 9.17) is 33.9 Å². The van der Waals surface area contributed by atoms with Crippen LogP contribution in [-0.4, -0.2) is 14.3 Å². The van der Waals surface area contributed by atoms with Crippen molar-refractivity contribution in [3.63, 3.8) is 0 Å². The molecule has 1 amide bonds. The Kier molecular flexibility index (Phi) is 5.16. The molecular formula is C12H8Cl3NO3S2. The molecule has 0 spiro atoms. The lowest BCUT2D eigenvalue weighted by Crippen LogP contribution is -2.22. The molecule has 9 heteroatoms. The highest BCUT2D eigenvalue weighted by atomic mass is 35.7. The minimum absolute atomic E-state index is 0.0398. The molecular weight excluding hydrogens is 377 g/mol. The molecule has 0 unspecified atom stereocenters. The highest BCUT2D eigenvalue weighted by Crippen LogP contribution is 2.25. The molecule has 2 rings (SSSR count). The summed E-state index contributed by atoms with van der Waals surface area (Å²) < 4.78 is 22.3. The van der Waals surface area contributed by atoms with Crippen molar-refractivity contribution < 1.29 is 13.2 Å². The Labute approximate surface area is 140 Å². The molecule has 0 fully saturated rings. The lowest BCUT2D eigenvalue weighted by molar-refractivity contribution is 0.0951. The molecule has 0 atom stereocenters. The molecule has 1 aromatic heterocycles. The first-order valence-electron chi connectivity index (χ1n) is 5.54. The Balaban J connectivity index is 2.06. The third-order valence-corrected chi connectivity index (χ3v) is 6.20. The van der Waals surface area contributed by atoms with E-state index in [1.54, 1.807) is 12.1 Å². The second-order valence-corrected chi connectivity index (χ2v) is 8.77. The average molecular weight is 385 g/mol. The fraction of sp³-hybridized carbons (Fsp3) is 0.0833. The van der Waals surface area contributed by atoms with Crippen LogP contribution in [0.2, 0.25) is 10.0 Å². The average Bonchev–Trinajstić information content (AvgIpc) is 2.84. The van der Waals surface area contributed by atoms with Crippen molar-refractivity contribution in [2.75, 3.05) is 0 Å². The summed E-state index contributed by atoms with van der Waals surface area (Å²) in [7, 11) is 1.49. The van der Waals surface area contributed by atoms with Crippen molar-refractivity contribution in [1.82, 2.24) is 5.32 Å². The molecule has 112 valence electrons. The van der Waals surface area contributed by atoms with Crippen LogP contribution in [0.25, 0.3) is 0 Å². The van der Waals surface area contributed by atoms with Crippen molar-refractivity contribution in [2.45, 2.75) is 10.8 Å². The summed E-state index contributed by atoms with van der Waals surface area (Å²) in [5.41, 5.74) is 0.294. The molecule has 0 saturated carbocycles. The smallest absolute Gasteiger partial charge is 0.270 e. The van der Waals surface area contributed by atoms with Gasteiger partial charge in [0.15, 0.2) is 0 Å². The van der Waals surface area contributed by atoms with Gasteiger partial charge in [0, 0.05) is 20.6 Å². The van der Waals surface area contributed by atoms with E-state index in [1.807, 2.05) is 0 Å². The van der Waals surface area contributed by atoms with Gasteiger partial charge in [-0.15, -0.1) is 11.3 Å². The molecule has 4 nitrogen and oxygen atoms in total. The molecule has 0 aliphatic heterocycles. The van der Waals surface area contributed by atoms with Gasteiger partial charge >= 0.3 is 0 Å². The third kappa shape index (κ3) is 4.34. The number of hydrogen-bond acceptors (Lipinski definition) is 4. The van der Waals surface area contributed by atoms with Gasteiger partial charge in [0.25, 0.3) is 15.0 Å². The number of hydrogen-bond donors (Lipinski definition) is 1. The molecule has 2 aromatic rings. The second kappa shape index (κ2) is 6.54. The SMILES string of the molecule is O=C(NCc1ccc(S(=O)(=O)Cl)s1)c1ccc(Cl)cc1Cl. The third-order valence-electron chi connectivity index (χ3n) is 2.48. The van der Waals surface area contributed by atoms with Gasteiger partial charge in [-0.3, -0.25) is 4.79 Å². The fourth-order valence-corrected chi connectivity index (χ4v) is 4.08. The van der Waals surface area contributed by atoms with E-state index in [9.17, 15) is 13.2 Å². The zero-order valence-electron chi connectivity index (χ0n) is 10.3. The Morgan fingerprint density at radius 1 is 1.19 bits per heavy atom. The number of thiophene rings is 1. The van der Waals surface area contributed by atoms with E-state index >= 15 is 0 Å². The van der Waals surface area contributed by atoms with Gasteiger partial charge in [-0.05, 0) is 30.3 Å². The summed E-state index contributed by atoms with van der Waals surface area (Å²) in [6.07, 6.45) is 0. The largest absolute Gasteiger partial charge is 0.347 e. The Morgan fingerprint density at radius 2 is 1.90 bits per heavy atom. The zero-order valence-corrected chi connectivity index (χ0v) is 14.2. The highest BCUT2D eigenvalue weighted by molar-refractivity contribution is 8.15. The van der Waals surface area contributed by atoms with Crippen molar-refractivity contribution in [3.8, 4) is 0 Å². The predicted molar refractivity (Wildman–Crippen MR) is 85.0 cm³/mol. The molecule has 0 radical (unpaired) electrons. The van der Waals surface area contributed by atoms with Crippen LogP contribution in [0.5, 0.6) is 0 Å². The topological polar surface area (TPSA) is 63.2 Å². The summed E-state index contributed by atoms with van der Waals surface area (Å²) in [6.45, 7) is 0.175. The van der Waals surface area contributed by atoms with E-state index in [-0.39, 0.29) is 21.7 Å². The van der Waals surface area contributed by atoms with Gasteiger partial charge in [-0.2, -0.15) is 0 Å². The van der Waals surface area contributed by atoms with Gasteiger partial charge in [0.1, 0.15) is 4.21 Å². The van der Waals surface area contributed by atoms with Crippen LogP contribution in [0.4, 0.5) is 0 Å². The van der Waals surface area contributed by atoms with Crippen LogP contribution in [0.3, 0.4) is 0 Å². The maximum Gasteiger partial charge on any atom is 0.270 e. The van der Waals surface area contributed by atoms with Gasteiger partial charge in [-0.1, -0.05) is 23.2 Å². The van der Waals surface area contributed by atoms with Crippen LogP contribution in [0, 0.1) is 0 Å². The fourth-order valence-electron chi connectivity index (χ4n) is 1.52. The summed E-state index contributed by atoms with van der Waals surface area (Å²) in [5, 5.41) is 3.33. The first-order chi connectivity index (χ1) is 9.77. The number of amides is 1. The summed E-state index contributed by atoms with van der Waals surface area (Å²) in [6, 6.07) is 7.53. The lowest BCUT2D eigenvalue weighted by Gasteiger charge is -2.05. The summed E-state index contributed by atoms with van der Waals surface area (Å²) in [5.74, 6) is -0.375. The molecule has 1 heterocycles. The Hall–Kier alpha value is -0.790. The highest BCUT2D eigenvalue weighted by Gasteiger charge is 2.14. The molecule has 0 bridgehead atoms. The molecule has 1 aromatic carbocycles. The van der Waals surface area contributed by atoms with E-state index in [2.05, 4.69) is 5.32 Å². The molecule has 0 aliphatic rings. The number of benzene rings is 1. The normalized spacial score (nSPS) is 11.4. The molecule has 1 N–H and O–H groups in total. The number of halogens is 3. The van der Waals surface area contributed by atoms with Gasteiger partial charge in [0.2, 0.25) is 0 Å². The Bertz CT molecular complexity index is 787. The van der Waals surface area contributed by atoms with Crippen LogP contribution < -0.4 is 5.32 Å². The first-order valence-corrected chi connectivity index (χ1v) is 9.42. The molecule has 0 saturated heterocycles. The van der Waals surface area contributed by atoms with Gasteiger partial charge < -0.3 is 5.32 Å². The number of rotatable bonds is 4. The predicted octanol–water partition coefficient (Wildman–Crippen LogP) is 3.91. The zero-order chi connectivity index (χ0) is 15.6. The van der Waals surface area contributed by atoms with Crippen molar-refractivity contribution in [2.24, 2.45) is 0 Å². The monoisotopic (exact) mass is 383 g/mol. The maximum atomic E-state index is 12.0. The molecule has 21 heavy (non-hydrogen) atoms. The van der Waals surface area contributed by atoms with Crippen LogP contribution in [0.1, 0.15) is 15.2 Å². The molecule has 0 aliphatic carbocycles. The van der Waals surface area contributed by atoms with Crippen LogP contribution >= 0.6 is 45.2 Å². The summed E-state index contributed by atoms with van der Waals surface area (Å²) in [4.78, 5) is 12.6. The first kappa shape index (κ1) is 16.6. The summed E-state index contributed by atoms with van der Waals surface area (Å²) >= 11 is 12.7. The second-order valence-electron chi connectivity index (χ2n) is 3.97. The van der Waals surface area contributed by atoms with Crippen LogP contribution in [0.15, 0.2) is 34.5 Å². The van der Waals surface area contributed by atoms with Crippen molar-refractivity contribution in [3.05, 3.63) is 50.8 Å². The Morgan fingerprint density at radius 3 is 2.48 bits per heavy atom. The quantitative estimate of drug-likeness (QED) is 0.813. The lowest BCUT2D eigenvalue weighted by atomic mass is 10.2. The minimum Gasteiger partial charge on any atom is -0.347 e. The van der Waals surface area contributed by atoms with Crippen molar-refractivity contribution in [1.29, 1.82) is 0 Å². The number of nitrogens with one attached hydrogen (secondary N) is 1. The maximum absolute atomic E-state index is 12.0. The minimum atomic E-state index is -3.74. The van der Waals surface area contributed by atoms with Gasteiger partial charge in [0.05, 0.1) is 17.1 Å². The standard InChI is InChI=1S/C12H8Cl3NO3S2/c13-7-1-3-9(10(14)5-7)12(17)16-6-8-2-4-11(20-8)21(15,18)19/h1-5H,6H2,(H,16,17). The number of carbonyl (C=O) groups is 1. The van der Waals surface area contributed by atoms with E-state index < -0.39 is 9.05 Å². The van der Waals surface area contributed by atoms with E-state index in [0.29, 0.717) is 15.5 Å². The number of carbonyl (C=O) groups excluding carboxylic acids is 1. The van der Waals surface area contributed by atoms with Gasteiger partial charge in [-0.25, -0.2) is 8.42 Å². The van der Waals surface area contributed by atoms with E-state index in [0.717, 1.165) is 11.3 Å². The van der Waals surface area contributed by atoms with Crippen LogP contribution in [-0.2, 0) is 15.6 Å².